The van der Waals surface area contributed by atoms with E-state index in [1.807, 2.05) is 13.8 Å². The first kappa shape index (κ1) is 15.9. The largest absolute Gasteiger partial charge is 0.377 e. The molecule has 5 nitrogen and oxygen atoms in total. The summed E-state index contributed by atoms with van der Waals surface area (Å²) in [7, 11) is -3.61. The molecule has 112 valence electrons. The van der Waals surface area contributed by atoms with E-state index < -0.39 is 10.0 Å². The Morgan fingerprint density at radius 1 is 1.50 bits per heavy atom. The maximum atomic E-state index is 12.4. The van der Waals surface area contributed by atoms with Crippen molar-refractivity contribution in [3.05, 3.63) is 28.2 Å². The van der Waals surface area contributed by atoms with Gasteiger partial charge in [-0.2, -0.15) is 0 Å². The zero-order chi connectivity index (χ0) is 14.9. The van der Waals surface area contributed by atoms with E-state index in [9.17, 15) is 8.42 Å². The summed E-state index contributed by atoms with van der Waals surface area (Å²) < 4.78 is 33.5. The van der Waals surface area contributed by atoms with Crippen LogP contribution in [0.3, 0.4) is 0 Å². The fraction of sp³-hybridized carbons (Fsp3) is 0.538. The Morgan fingerprint density at radius 3 is 2.75 bits per heavy atom. The molecule has 7 heteroatoms. The predicted octanol–water partition coefficient (Wildman–Crippen LogP) is 1.54. The molecule has 0 saturated heterocycles. The van der Waals surface area contributed by atoms with E-state index in [4.69, 9.17) is 10.5 Å². The first-order chi connectivity index (χ1) is 9.35. The molecule has 0 bridgehead atoms. The summed E-state index contributed by atoms with van der Waals surface area (Å²) in [4.78, 5) is 0.220. The van der Waals surface area contributed by atoms with Crippen molar-refractivity contribution in [3.63, 3.8) is 0 Å². The van der Waals surface area contributed by atoms with E-state index in [2.05, 4.69) is 20.7 Å². The Morgan fingerprint density at radius 2 is 2.20 bits per heavy atom. The van der Waals surface area contributed by atoms with Crippen molar-refractivity contribution < 1.29 is 13.2 Å². The van der Waals surface area contributed by atoms with Gasteiger partial charge in [0.15, 0.2) is 0 Å². The first-order valence-electron chi connectivity index (χ1n) is 6.51. The van der Waals surface area contributed by atoms with Crippen LogP contribution in [0, 0.1) is 6.92 Å². The van der Waals surface area contributed by atoms with Crippen LogP contribution in [-0.2, 0) is 14.8 Å². The molecule has 0 aromatic heterocycles. The molecule has 3 atom stereocenters. The molecule has 0 radical (unpaired) electrons. The van der Waals surface area contributed by atoms with Crippen LogP contribution in [0.2, 0.25) is 0 Å². The molecule has 1 fully saturated rings. The molecule has 1 saturated carbocycles. The third-order valence-electron chi connectivity index (χ3n) is 3.42. The van der Waals surface area contributed by atoms with E-state index in [-0.39, 0.29) is 23.1 Å². The van der Waals surface area contributed by atoms with Crippen LogP contribution < -0.4 is 10.5 Å². The van der Waals surface area contributed by atoms with Crippen LogP contribution in [0.5, 0.6) is 0 Å². The van der Waals surface area contributed by atoms with Crippen LogP contribution in [0.4, 0.5) is 0 Å². The molecule has 1 aromatic rings. The Hall–Kier alpha value is -0.470. The van der Waals surface area contributed by atoms with Crippen molar-refractivity contribution in [1.82, 2.24) is 4.72 Å². The van der Waals surface area contributed by atoms with E-state index >= 15 is 0 Å². The maximum Gasteiger partial charge on any atom is 0.242 e. The standard InChI is InChI=1S/C13H19BrN2O3S/c1-3-19-11-7-10(15)13(11)16-20(17,18)12-5-4-8(2)6-9(12)14/h4-6,10-11,13,16H,3,7,15H2,1-2H3. The molecule has 0 amide bonds. The van der Waals surface area contributed by atoms with Crippen molar-refractivity contribution >= 4 is 26.0 Å². The lowest BCUT2D eigenvalue weighted by molar-refractivity contribution is -0.0248. The molecule has 1 aliphatic rings. The lowest BCUT2D eigenvalue weighted by Gasteiger charge is -2.42. The lowest BCUT2D eigenvalue weighted by Crippen LogP contribution is -2.64. The highest BCUT2D eigenvalue weighted by atomic mass is 79.9. The smallest absolute Gasteiger partial charge is 0.242 e. The lowest BCUT2D eigenvalue weighted by atomic mass is 9.84. The quantitative estimate of drug-likeness (QED) is 0.832. The van der Waals surface area contributed by atoms with Gasteiger partial charge in [0.1, 0.15) is 0 Å². The van der Waals surface area contributed by atoms with Crippen molar-refractivity contribution in [3.8, 4) is 0 Å². The van der Waals surface area contributed by atoms with E-state index in [1.54, 1.807) is 18.2 Å². The molecule has 1 aliphatic carbocycles. The highest BCUT2D eigenvalue weighted by Gasteiger charge is 2.42. The van der Waals surface area contributed by atoms with E-state index in [1.165, 1.54) is 0 Å². The third kappa shape index (κ3) is 3.23. The second-order valence-electron chi connectivity index (χ2n) is 4.97. The zero-order valence-electron chi connectivity index (χ0n) is 11.5. The predicted molar refractivity (Wildman–Crippen MR) is 81.0 cm³/mol. The van der Waals surface area contributed by atoms with Gasteiger partial charge in [-0.3, -0.25) is 0 Å². The number of hydrogen-bond donors (Lipinski definition) is 2. The van der Waals surface area contributed by atoms with E-state index in [0.29, 0.717) is 17.5 Å². The minimum Gasteiger partial charge on any atom is -0.377 e. The Kier molecular flexibility index (Phi) is 4.86. The maximum absolute atomic E-state index is 12.4. The number of sulfonamides is 1. The molecule has 3 N–H and O–H groups in total. The second-order valence-corrected chi connectivity index (χ2v) is 7.51. The van der Waals surface area contributed by atoms with Gasteiger partial charge in [0.05, 0.1) is 17.0 Å². The van der Waals surface area contributed by atoms with Crippen molar-refractivity contribution in [2.24, 2.45) is 5.73 Å². The van der Waals surface area contributed by atoms with Gasteiger partial charge < -0.3 is 10.5 Å². The number of hydrogen-bond acceptors (Lipinski definition) is 4. The summed E-state index contributed by atoms with van der Waals surface area (Å²) in [5.74, 6) is 0. The Bertz CT molecular complexity index is 589. The van der Waals surface area contributed by atoms with Gasteiger partial charge in [-0.15, -0.1) is 0 Å². The molecular weight excluding hydrogens is 344 g/mol. The Labute approximate surface area is 128 Å². The van der Waals surface area contributed by atoms with Crippen LogP contribution in [-0.4, -0.2) is 33.2 Å². The monoisotopic (exact) mass is 362 g/mol. The number of nitrogens with one attached hydrogen (secondary N) is 1. The van der Waals surface area contributed by atoms with Crippen molar-refractivity contribution in [2.45, 2.75) is 43.4 Å². The normalized spacial score (nSPS) is 26.3. The molecular formula is C13H19BrN2O3S. The fourth-order valence-electron chi connectivity index (χ4n) is 2.26. The number of nitrogens with two attached hydrogens (primary N) is 1. The third-order valence-corrected chi connectivity index (χ3v) is 5.85. The SMILES string of the molecule is CCOC1CC(N)C1NS(=O)(=O)c1ccc(C)cc1Br. The number of ether oxygens (including phenoxy) is 1. The average molecular weight is 363 g/mol. The van der Waals surface area contributed by atoms with Crippen molar-refractivity contribution in [2.75, 3.05) is 6.61 Å². The summed E-state index contributed by atoms with van der Waals surface area (Å²) in [6, 6.07) is 4.55. The topological polar surface area (TPSA) is 81.4 Å². The summed E-state index contributed by atoms with van der Waals surface area (Å²) in [5, 5.41) is 0. The van der Waals surface area contributed by atoms with Gasteiger partial charge in [0.25, 0.3) is 0 Å². The first-order valence-corrected chi connectivity index (χ1v) is 8.78. The molecule has 3 unspecified atom stereocenters. The number of halogens is 1. The summed E-state index contributed by atoms with van der Waals surface area (Å²) in [5.41, 5.74) is 6.86. The van der Waals surface area contributed by atoms with Crippen LogP contribution in [0.15, 0.2) is 27.6 Å². The van der Waals surface area contributed by atoms with Gasteiger partial charge in [-0.1, -0.05) is 6.07 Å². The van der Waals surface area contributed by atoms with Gasteiger partial charge in [-0.25, -0.2) is 13.1 Å². The minimum absolute atomic E-state index is 0.144. The second kappa shape index (κ2) is 6.11. The zero-order valence-corrected chi connectivity index (χ0v) is 13.9. The van der Waals surface area contributed by atoms with Crippen molar-refractivity contribution in [1.29, 1.82) is 0 Å². The van der Waals surface area contributed by atoms with E-state index in [0.717, 1.165) is 5.56 Å². The number of aryl methyl sites for hydroxylation is 1. The van der Waals surface area contributed by atoms with Gasteiger partial charge in [0, 0.05) is 17.1 Å². The van der Waals surface area contributed by atoms with Crippen LogP contribution >= 0.6 is 15.9 Å². The average Bonchev–Trinajstić information content (AvgIpc) is 2.35. The van der Waals surface area contributed by atoms with Crippen LogP contribution in [0.1, 0.15) is 18.9 Å². The molecule has 0 aliphatic heterocycles. The molecule has 0 heterocycles. The fourth-order valence-corrected chi connectivity index (χ4v) is 4.76. The highest BCUT2D eigenvalue weighted by molar-refractivity contribution is 9.10. The van der Waals surface area contributed by atoms with Gasteiger partial charge >= 0.3 is 0 Å². The minimum atomic E-state index is -3.61. The van der Waals surface area contributed by atoms with Crippen LogP contribution in [0.25, 0.3) is 0 Å². The molecule has 0 spiro atoms. The summed E-state index contributed by atoms with van der Waals surface area (Å²) >= 11 is 3.29. The van der Waals surface area contributed by atoms with Gasteiger partial charge in [0.2, 0.25) is 10.0 Å². The highest BCUT2D eigenvalue weighted by Crippen LogP contribution is 2.27. The molecule has 20 heavy (non-hydrogen) atoms. The number of rotatable bonds is 5. The molecule has 1 aromatic carbocycles. The van der Waals surface area contributed by atoms with Gasteiger partial charge in [-0.05, 0) is 53.9 Å². The molecule has 2 rings (SSSR count). The Balaban J connectivity index is 2.18. The number of benzene rings is 1. The summed E-state index contributed by atoms with van der Waals surface area (Å²) in [6.45, 7) is 4.33. The summed E-state index contributed by atoms with van der Waals surface area (Å²) in [6.07, 6.45) is 0.532.